The highest BCUT2D eigenvalue weighted by Gasteiger charge is 2.18. The number of carboxylic acids is 1. The zero-order chi connectivity index (χ0) is 15.2. The van der Waals surface area contributed by atoms with Crippen molar-refractivity contribution in [3.63, 3.8) is 0 Å². The molecule has 1 aliphatic carbocycles. The van der Waals surface area contributed by atoms with Crippen LogP contribution in [-0.2, 0) is 0 Å². The van der Waals surface area contributed by atoms with Gasteiger partial charge in [-0.1, -0.05) is 32.1 Å². The number of anilines is 1. The van der Waals surface area contributed by atoms with Crippen molar-refractivity contribution in [2.45, 2.75) is 57.9 Å². The highest BCUT2D eigenvalue weighted by molar-refractivity contribution is 5.99. The Morgan fingerprint density at radius 2 is 1.81 bits per heavy atom. The first-order valence-electron chi connectivity index (χ1n) is 7.56. The van der Waals surface area contributed by atoms with Gasteiger partial charge in [-0.05, 0) is 25.8 Å². The second-order valence-corrected chi connectivity index (χ2v) is 5.69. The first kappa shape index (κ1) is 15.4. The fraction of sp³-hybridized carbons (Fsp3) is 0.600. The monoisotopic (exact) mass is 293 g/mol. The van der Waals surface area contributed by atoms with E-state index in [2.05, 4.69) is 15.6 Å². The number of rotatable bonds is 3. The molecule has 2 amide bonds. The molecule has 1 saturated carbocycles. The third kappa shape index (κ3) is 4.51. The first-order valence-corrected chi connectivity index (χ1v) is 7.56. The summed E-state index contributed by atoms with van der Waals surface area (Å²) in [5.74, 6) is -1.08. The minimum atomic E-state index is -1.08. The summed E-state index contributed by atoms with van der Waals surface area (Å²) >= 11 is 0. The molecule has 116 valence electrons. The quantitative estimate of drug-likeness (QED) is 0.689. The number of hydrogen-bond acceptors (Lipinski definition) is 2. The summed E-state index contributed by atoms with van der Waals surface area (Å²) < 4.78 is 0. The summed E-state index contributed by atoms with van der Waals surface area (Å²) in [4.78, 5) is 25.9. The zero-order valence-electron chi connectivity index (χ0n) is 12.4. The molecular formula is C15H23N3O3. The number of carbonyl (C=O) groups excluding carboxylic acids is 1. The van der Waals surface area contributed by atoms with Crippen LogP contribution >= 0.6 is 0 Å². The number of aromatic carboxylic acids is 1. The number of hydrogen-bond donors (Lipinski definition) is 4. The number of carbonyl (C=O) groups is 2. The van der Waals surface area contributed by atoms with Gasteiger partial charge in [0.1, 0.15) is 5.69 Å². The van der Waals surface area contributed by atoms with Gasteiger partial charge < -0.3 is 20.7 Å². The molecule has 2 rings (SSSR count). The summed E-state index contributed by atoms with van der Waals surface area (Å²) in [5.41, 5.74) is 1.03. The summed E-state index contributed by atoms with van der Waals surface area (Å²) in [5, 5.41) is 14.7. The topological polar surface area (TPSA) is 94.2 Å². The van der Waals surface area contributed by atoms with E-state index in [1.54, 1.807) is 13.0 Å². The minimum absolute atomic E-state index is 0.0142. The lowest BCUT2D eigenvalue weighted by molar-refractivity contribution is 0.0692. The Labute approximate surface area is 124 Å². The van der Waals surface area contributed by atoms with Crippen molar-refractivity contribution in [1.82, 2.24) is 10.3 Å². The maximum absolute atomic E-state index is 12.0. The van der Waals surface area contributed by atoms with Gasteiger partial charge in [0.15, 0.2) is 0 Å². The number of aromatic nitrogens is 1. The van der Waals surface area contributed by atoms with Gasteiger partial charge >= 0.3 is 12.0 Å². The summed E-state index contributed by atoms with van der Waals surface area (Å²) in [6, 6.07) is 1.47. The van der Waals surface area contributed by atoms with Gasteiger partial charge in [-0.15, -0.1) is 0 Å². The molecule has 0 spiro atoms. The number of nitrogens with one attached hydrogen (secondary N) is 3. The van der Waals surface area contributed by atoms with Crippen LogP contribution in [0.2, 0.25) is 0 Å². The fourth-order valence-corrected chi connectivity index (χ4v) is 2.80. The van der Waals surface area contributed by atoms with E-state index in [1.165, 1.54) is 19.3 Å². The van der Waals surface area contributed by atoms with Crippen molar-refractivity contribution in [2.75, 3.05) is 5.32 Å². The molecule has 4 N–H and O–H groups in total. The maximum Gasteiger partial charge on any atom is 0.354 e. The number of amides is 2. The largest absolute Gasteiger partial charge is 0.477 e. The maximum atomic E-state index is 12.0. The molecule has 0 bridgehead atoms. The molecule has 0 atom stereocenters. The standard InChI is InChI=1S/C15H23N3O3/c1-10-9-12(13(16-10)14(19)20)18-15(21)17-11-7-5-3-2-4-6-8-11/h9,11,16H,2-8H2,1H3,(H,19,20)(H2,17,18,21). The fourth-order valence-electron chi connectivity index (χ4n) is 2.80. The third-order valence-corrected chi connectivity index (χ3v) is 3.85. The molecular weight excluding hydrogens is 270 g/mol. The third-order valence-electron chi connectivity index (χ3n) is 3.85. The van der Waals surface area contributed by atoms with Crippen LogP contribution in [0, 0.1) is 6.92 Å². The normalized spacial score (nSPS) is 16.8. The van der Waals surface area contributed by atoms with Crippen LogP contribution < -0.4 is 10.6 Å². The van der Waals surface area contributed by atoms with Crippen molar-refractivity contribution in [3.05, 3.63) is 17.5 Å². The van der Waals surface area contributed by atoms with Crippen molar-refractivity contribution < 1.29 is 14.7 Å². The van der Waals surface area contributed by atoms with Crippen LogP contribution in [0.25, 0.3) is 0 Å². The second-order valence-electron chi connectivity index (χ2n) is 5.69. The molecule has 1 aromatic heterocycles. The highest BCUT2D eigenvalue weighted by atomic mass is 16.4. The van der Waals surface area contributed by atoms with E-state index in [9.17, 15) is 9.59 Å². The number of carboxylic acid groups (broad SMARTS) is 1. The summed E-state index contributed by atoms with van der Waals surface area (Å²) in [7, 11) is 0. The lowest BCUT2D eigenvalue weighted by Gasteiger charge is -2.21. The lowest BCUT2D eigenvalue weighted by Crippen LogP contribution is -2.38. The summed E-state index contributed by atoms with van der Waals surface area (Å²) in [6.07, 6.45) is 7.98. The first-order chi connectivity index (χ1) is 10.1. The Balaban J connectivity index is 1.93. The number of aromatic amines is 1. The average Bonchev–Trinajstić information content (AvgIpc) is 2.73. The van der Waals surface area contributed by atoms with E-state index in [0.29, 0.717) is 11.4 Å². The smallest absolute Gasteiger partial charge is 0.354 e. The molecule has 1 heterocycles. The Hall–Kier alpha value is -1.98. The molecule has 1 aliphatic rings. The van der Waals surface area contributed by atoms with E-state index in [-0.39, 0.29) is 17.8 Å². The second kappa shape index (κ2) is 7.15. The molecule has 0 radical (unpaired) electrons. The van der Waals surface area contributed by atoms with E-state index >= 15 is 0 Å². The predicted molar refractivity (Wildman–Crippen MR) is 80.8 cm³/mol. The summed E-state index contributed by atoms with van der Waals surface area (Å²) in [6.45, 7) is 1.75. The molecule has 0 unspecified atom stereocenters. The van der Waals surface area contributed by atoms with Gasteiger partial charge in [0.2, 0.25) is 0 Å². The van der Waals surface area contributed by atoms with Gasteiger partial charge in [-0.2, -0.15) is 0 Å². The van der Waals surface area contributed by atoms with Crippen LogP contribution in [0.1, 0.15) is 61.1 Å². The van der Waals surface area contributed by atoms with Crippen LogP contribution in [0.15, 0.2) is 6.07 Å². The number of urea groups is 1. The minimum Gasteiger partial charge on any atom is -0.477 e. The van der Waals surface area contributed by atoms with Crippen LogP contribution in [0.4, 0.5) is 10.5 Å². The van der Waals surface area contributed by atoms with Crippen LogP contribution in [0.5, 0.6) is 0 Å². The van der Waals surface area contributed by atoms with Crippen molar-refractivity contribution in [3.8, 4) is 0 Å². The van der Waals surface area contributed by atoms with Gasteiger partial charge in [-0.3, -0.25) is 0 Å². The SMILES string of the molecule is Cc1cc(NC(=O)NC2CCCCCCC2)c(C(=O)O)[nH]1. The molecule has 0 aromatic carbocycles. The van der Waals surface area contributed by atoms with E-state index < -0.39 is 5.97 Å². The number of H-pyrrole nitrogens is 1. The van der Waals surface area contributed by atoms with Crippen molar-refractivity contribution in [1.29, 1.82) is 0 Å². The predicted octanol–water partition coefficient (Wildman–Crippen LogP) is 3.26. The van der Waals surface area contributed by atoms with Crippen molar-refractivity contribution >= 4 is 17.7 Å². The molecule has 1 fully saturated rings. The van der Waals surface area contributed by atoms with E-state index in [0.717, 1.165) is 25.7 Å². The Morgan fingerprint density at radius 1 is 1.19 bits per heavy atom. The molecule has 0 saturated heterocycles. The van der Waals surface area contributed by atoms with Gasteiger partial charge in [0.25, 0.3) is 0 Å². The zero-order valence-corrected chi connectivity index (χ0v) is 12.4. The van der Waals surface area contributed by atoms with Crippen molar-refractivity contribution in [2.24, 2.45) is 0 Å². The molecule has 6 heteroatoms. The number of aryl methyl sites for hydroxylation is 1. The highest BCUT2D eigenvalue weighted by Crippen LogP contribution is 2.19. The molecule has 1 aromatic rings. The average molecular weight is 293 g/mol. The molecule has 6 nitrogen and oxygen atoms in total. The molecule has 0 aliphatic heterocycles. The molecule has 21 heavy (non-hydrogen) atoms. The van der Waals surface area contributed by atoms with Gasteiger partial charge in [-0.25, -0.2) is 9.59 Å². The Kier molecular flexibility index (Phi) is 5.25. The Bertz CT molecular complexity index is 502. The van der Waals surface area contributed by atoms with E-state index in [4.69, 9.17) is 5.11 Å². The lowest BCUT2D eigenvalue weighted by atomic mass is 9.97. The van der Waals surface area contributed by atoms with Crippen LogP contribution in [-0.4, -0.2) is 28.1 Å². The van der Waals surface area contributed by atoms with Gasteiger partial charge in [0, 0.05) is 11.7 Å². The van der Waals surface area contributed by atoms with Crippen LogP contribution in [0.3, 0.4) is 0 Å². The van der Waals surface area contributed by atoms with Gasteiger partial charge in [0.05, 0.1) is 5.69 Å². The van der Waals surface area contributed by atoms with E-state index in [1.807, 2.05) is 0 Å². The Morgan fingerprint density at radius 3 is 2.43 bits per heavy atom.